The van der Waals surface area contributed by atoms with Crippen molar-refractivity contribution in [1.29, 1.82) is 0 Å². The van der Waals surface area contributed by atoms with Crippen molar-refractivity contribution >= 4 is 11.0 Å². The Labute approximate surface area is 88.4 Å². The number of hydrogen-bond donors (Lipinski definition) is 1. The molecule has 1 aliphatic heterocycles. The highest BCUT2D eigenvalue weighted by atomic mass is 16.5. The normalized spacial score (nSPS) is 21.2. The van der Waals surface area contributed by atoms with Crippen molar-refractivity contribution in [2.75, 3.05) is 6.54 Å². The molecule has 1 unspecified atom stereocenters. The Kier molecular flexibility index (Phi) is 2.18. The molecule has 0 spiro atoms. The highest BCUT2D eigenvalue weighted by molar-refractivity contribution is 5.79. The lowest BCUT2D eigenvalue weighted by Gasteiger charge is -2.09. The molecular formula is C12H14N2O. The second-order valence-corrected chi connectivity index (χ2v) is 4.15. The van der Waals surface area contributed by atoms with E-state index < -0.39 is 0 Å². The first-order valence-electron chi connectivity index (χ1n) is 5.49. The number of fused-ring (bicyclic) bond motifs is 1. The molecule has 15 heavy (non-hydrogen) atoms. The lowest BCUT2D eigenvalue weighted by atomic mass is 10.0. The van der Waals surface area contributed by atoms with Gasteiger partial charge < -0.3 is 9.84 Å². The first-order valence-corrected chi connectivity index (χ1v) is 5.49. The average molecular weight is 202 g/mol. The molecule has 2 heterocycles. The van der Waals surface area contributed by atoms with E-state index in [1.54, 1.807) is 0 Å². The van der Waals surface area contributed by atoms with Crippen LogP contribution in [0, 0.1) is 0 Å². The molecule has 0 radical (unpaired) electrons. The van der Waals surface area contributed by atoms with Gasteiger partial charge in [0, 0.05) is 11.4 Å². The summed E-state index contributed by atoms with van der Waals surface area (Å²) in [6, 6.07) is 6.80. The van der Waals surface area contributed by atoms with Crippen molar-refractivity contribution in [3.8, 4) is 0 Å². The fourth-order valence-corrected chi connectivity index (χ4v) is 2.33. The van der Waals surface area contributed by atoms with Crippen LogP contribution < -0.4 is 5.32 Å². The number of hydrogen-bond acceptors (Lipinski definition) is 3. The van der Waals surface area contributed by atoms with Crippen LogP contribution in [0.25, 0.3) is 11.0 Å². The summed E-state index contributed by atoms with van der Waals surface area (Å²) in [6.07, 6.45) is 5.48. The van der Waals surface area contributed by atoms with E-state index in [1.165, 1.54) is 18.4 Å². The number of aromatic nitrogens is 1. The minimum atomic E-state index is 0.630. The van der Waals surface area contributed by atoms with Gasteiger partial charge in [-0.05, 0) is 37.4 Å². The molecule has 0 aliphatic carbocycles. The second-order valence-electron chi connectivity index (χ2n) is 4.15. The number of benzene rings is 1. The van der Waals surface area contributed by atoms with Gasteiger partial charge in [0.2, 0.25) is 0 Å². The zero-order valence-corrected chi connectivity index (χ0v) is 8.57. The van der Waals surface area contributed by atoms with Gasteiger partial charge in [-0.15, -0.1) is 0 Å². The Morgan fingerprint density at radius 3 is 3.33 bits per heavy atom. The SMILES string of the molecule is c1cc(CC2CCCN2)c2cnoc2c1. The van der Waals surface area contributed by atoms with Crippen LogP contribution in [-0.4, -0.2) is 17.7 Å². The molecule has 1 aromatic carbocycles. The van der Waals surface area contributed by atoms with Crippen molar-refractivity contribution in [1.82, 2.24) is 10.5 Å². The fraction of sp³-hybridized carbons (Fsp3) is 0.417. The molecule has 78 valence electrons. The van der Waals surface area contributed by atoms with Gasteiger partial charge in [0.15, 0.2) is 5.58 Å². The Hall–Kier alpha value is -1.35. The molecule has 1 fully saturated rings. The van der Waals surface area contributed by atoms with E-state index >= 15 is 0 Å². The second kappa shape index (κ2) is 3.66. The third-order valence-electron chi connectivity index (χ3n) is 3.12. The first kappa shape index (κ1) is 8.92. The smallest absolute Gasteiger partial charge is 0.167 e. The maximum Gasteiger partial charge on any atom is 0.167 e. The molecule has 1 aliphatic rings. The van der Waals surface area contributed by atoms with Crippen molar-refractivity contribution in [2.24, 2.45) is 0 Å². The molecule has 2 aromatic rings. The van der Waals surface area contributed by atoms with E-state index in [9.17, 15) is 0 Å². The molecule has 1 aromatic heterocycles. The van der Waals surface area contributed by atoms with Crippen molar-refractivity contribution < 1.29 is 4.52 Å². The molecular weight excluding hydrogens is 188 g/mol. The van der Waals surface area contributed by atoms with Gasteiger partial charge in [-0.2, -0.15) is 0 Å². The summed E-state index contributed by atoms with van der Waals surface area (Å²) in [5, 5.41) is 8.51. The Balaban J connectivity index is 1.92. The number of nitrogens with zero attached hydrogens (tertiary/aromatic N) is 1. The Morgan fingerprint density at radius 1 is 1.47 bits per heavy atom. The summed E-state index contributed by atoms with van der Waals surface area (Å²) in [7, 11) is 0. The van der Waals surface area contributed by atoms with Gasteiger partial charge >= 0.3 is 0 Å². The minimum Gasteiger partial charge on any atom is -0.356 e. The summed E-state index contributed by atoms with van der Waals surface area (Å²) >= 11 is 0. The van der Waals surface area contributed by atoms with Crippen LogP contribution in [0.15, 0.2) is 28.9 Å². The van der Waals surface area contributed by atoms with Crippen LogP contribution in [0.4, 0.5) is 0 Å². The highest BCUT2D eigenvalue weighted by Crippen LogP contribution is 2.21. The predicted octanol–water partition coefficient (Wildman–Crippen LogP) is 2.12. The third kappa shape index (κ3) is 1.63. The quantitative estimate of drug-likeness (QED) is 0.810. The molecule has 1 N–H and O–H groups in total. The number of nitrogens with one attached hydrogen (secondary N) is 1. The largest absolute Gasteiger partial charge is 0.356 e. The average Bonchev–Trinajstić information content (AvgIpc) is 2.87. The fourth-order valence-electron chi connectivity index (χ4n) is 2.33. The molecule has 3 nitrogen and oxygen atoms in total. The predicted molar refractivity (Wildman–Crippen MR) is 58.7 cm³/mol. The van der Waals surface area contributed by atoms with Crippen molar-refractivity contribution in [2.45, 2.75) is 25.3 Å². The maximum absolute atomic E-state index is 5.15. The monoisotopic (exact) mass is 202 g/mol. The van der Waals surface area contributed by atoms with Gasteiger partial charge in [-0.25, -0.2) is 0 Å². The lowest BCUT2D eigenvalue weighted by molar-refractivity contribution is 0.456. The van der Waals surface area contributed by atoms with E-state index in [4.69, 9.17) is 4.52 Å². The molecule has 1 atom stereocenters. The topological polar surface area (TPSA) is 38.1 Å². The van der Waals surface area contributed by atoms with Crippen molar-refractivity contribution in [3.05, 3.63) is 30.0 Å². The Bertz CT molecular complexity index is 457. The van der Waals surface area contributed by atoms with Crippen LogP contribution >= 0.6 is 0 Å². The van der Waals surface area contributed by atoms with E-state index in [0.717, 1.165) is 23.9 Å². The van der Waals surface area contributed by atoms with Gasteiger partial charge in [0.05, 0.1) is 6.20 Å². The summed E-state index contributed by atoms with van der Waals surface area (Å²) in [4.78, 5) is 0. The van der Waals surface area contributed by atoms with Gasteiger partial charge in [-0.1, -0.05) is 17.3 Å². The summed E-state index contributed by atoms with van der Waals surface area (Å²) in [5.41, 5.74) is 2.23. The molecule has 3 heteroatoms. The van der Waals surface area contributed by atoms with E-state index in [0.29, 0.717) is 6.04 Å². The van der Waals surface area contributed by atoms with E-state index in [1.807, 2.05) is 18.3 Å². The van der Waals surface area contributed by atoms with Crippen LogP contribution in [0.2, 0.25) is 0 Å². The molecule has 3 rings (SSSR count). The third-order valence-corrected chi connectivity index (χ3v) is 3.12. The number of rotatable bonds is 2. The zero-order chi connectivity index (χ0) is 10.1. The summed E-state index contributed by atoms with van der Waals surface area (Å²) < 4.78 is 5.15. The molecule has 1 saturated heterocycles. The van der Waals surface area contributed by atoms with E-state index in [2.05, 4.69) is 16.5 Å². The van der Waals surface area contributed by atoms with Crippen LogP contribution in [0.1, 0.15) is 18.4 Å². The zero-order valence-electron chi connectivity index (χ0n) is 8.57. The molecule has 0 bridgehead atoms. The maximum atomic E-state index is 5.15. The van der Waals surface area contributed by atoms with Crippen molar-refractivity contribution in [3.63, 3.8) is 0 Å². The minimum absolute atomic E-state index is 0.630. The van der Waals surface area contributed by atoms with Crippen LogP contribution in [-0.2, 0) is 6.42 Å². The van der Waals surface area contributed by atoms with Gasteiger partial charge in [-0.3, -0.25) is 0 Å². The van der Waals surface area contributed by atoms with Gasteiger partial charge in [0.1, 0.15) is 0 Å². The van der Waals surface area contributed by atoms with Gasteiger partial charge in [0.25, 0.3) is 0 Å². The van der Waals surface area contributed by atoms with Crippen LogP contribution in [0.3, 0.4) is 0 Å². The lowest BCUT2D eigenvalue weighted by Crippen LogP contribution is -2.23. The molecule has 0 amide bonds. The highest BCUT2D eigenvalue weighted by Gasteiger charge is 2.16. The standard InChI is InChI=1S/C12H14N2O/c1-3-9(7-10-4-2-6-13-10)11-8-14-15-12(11)5-1/h1,3,5,8,10,13H,2,4,6-7H2. The first-order chi connectivity index (χ1) is 7.43. The van der Waals surface area contributed by atoms with Crippen LogP contribution in [0.5, 0.6) is 0 Å². The molecule has 0 saturated carbocycles. The Morgan fingerprint density at radius 2 is 2.47 bits per heavy atom. The summed E-state index contributed by atoms with van der Waals surface area (Å²) in [5.74, 6) is 0. The van der Waals surface area contributed by atoms with E-state index in [-0.39, 0.29) is 0 Å². The summed E-state index contributed by atoms with van der Waals surface area (Å²) in [6.45, 7) is 1.16.